The lowest BCUT2D eigenvalue weighted by Crippen LogP contribution is -2.38. The molecule has 0 bridgehead atoms. The molecule has 1 heteroatoms. The van der Waals surface area contributed by atoms with Crippen LogP contribution in [0.1, 0.15) is 52.9 Å². The Morgan fingerprint density at radius 1 is 1.33 bits per heavy atom. The molecular weight excluding hydrogens is 184 g/mol. The van der Waals surface area contributed by atoms with Crippen molar-refractivity contribution in [3.8, 4) is 0 Å². The van der Waals surface area contributed by atoms with Gasteiger partial charge in [0.25, 0.3) is 0 Å². The maximum atomic E-state index is 9.37. The van der Waals surface area contributed by atoms with Crippen molar-refractivity contribution in [3.63, 3.8) is 0 Å². The highest BCUT2D eigenvalue weighted by Crippen LogP contribution is 2.59. The molecule has 0 heterocycles. The van der Waals surface area contributed by atoms with Gasteiger partial charge in [0, 0.05) is 6.61 Å². The van der Waals surface area contributed by atoms with Crippen molar-refractivity contribution in [2.45, 2.75) is 52.9 Å². The number of hydrogen-bond donors (Lipinski definition) is 1. The summed E-state index contributed by atoms with van der Waals surface area (Å²) in [5.74, 6) is 3.13. The first-order chi connectivity index (χ1) is 7.09. The zero-order valence-corrected chi connectivity index (χ0v) is 10.5. The molecule has 0 spiro atoms. The van der Waals surface area contributed by atoms with Crippen molar-refractivity contribution in [1.82, 2.24) is 0 Å². The van der Waals surface area contributed by atoms with Crippen molar-refractivity contribution in [3.05, 3.63) is 0 Å². The van der Waals surface area contributed by atoms with Gasteiger partial charge in [0.15, 0.2) is 0 Å². The molecule has 5 atom stereocenters. The molecule has 2 aliphatic carbocycles. The second-order valence-electron chi connectivity index (χ2n) is 6.33. The van der Waals surface area contributed by atoms with Gasteiger partial charge in [-0.2, -0.15) is 0 Å². The predicted octanol–water partition coefficient (Wildman–Crippen LogP) is 3.47. The molecular formula is C14H26O. The first-order valence-corrected chi connectivity index (χ1v) is 6.70. The minimum Gasteiger partial charge on any atom is -0.396 e. The van der Waals surface area contributed by atoms with Crippen LogP contribution in [-0.4, -0.2) is 11.7 Å². The van der Waals surface area contributed by atoms with Gasteiger partial charge in [-0.05, 0) is 48.3 Å². The third-order valence-electron chi connectivity index (χ3n) is 5.52. The molecule has 2 aliphatic rings. The van der Waals surface area contributed by atoms with Crippen molar-refractivity contribution in [2.75, 3.05) is 6.61 Å². The van der Waals surface area contributed by atoms with Crippen LogP contribution in [0.5, 0.6) is 0 Å². The van der Waals surface area contributed by atoms with E-state index >= 15 is 0 Å². The van der Waals surface area contributed by atoms with E-state index in [0.29, 0.717) is 17.9 Å². The third kappa shape index (κ3) is 1.73. The SMILES string of the molecule is CC(CO)[C@H]1CC[C@H]2[C@@H](C)CCC[C@]12C. The molecule has 0 saturated heterocycles. The zero-order valence-electron chi connectivity index (χ0n) is 10.5. The summed E-state index contributed by atoms with van der Waals surface area (Å²) in [6.45, 7) is 7.55. The molecule has 1 N–H and O–H groups in total. The normalized spacial score (nSPS) is 47.6. The zero-order chi connectivity index (χ0) is 11.1. The van der Waals surface area contributed by atoms with Crippen LogP contribution < -0.4 is 0 Å². The molecule has 0 amide bonds. The monoisotopic (exact) mass is 210 g/mol. The fraction of sp³-hybridized carbons (Fsp3) is 1.00. The Labute approximate surface area is 94.3 Å². The summed E-state index contributed by atoms with van der Waals surface area (Å²) >= 11 is 0. The molecule has 0 aromatic rings. The van der Waals surface area contributed by atoms with Crippen LogP contribution in [0, 0.1) is 29.1 Å². The van der Waals surface area contributed by atoms with E-state index < -0.39 is 0 Å². The van der Waals surface area contributed by atoms with E-state index in [9.17, 15) is 5.11 Å². The predicted molar refractivity (Wildman–Crippen MR) is 63.6 cm³/mol. The number of aliphatic hydroxyl groups is 1. The van der Waals surface area contributed by atoms with E-state index in [4.69, 9.17) is 0 Å². The summed E-state index contributed by atoms with van der Waals surface area (Å²) in [7, 11) is 0. The minimum absolute atomic E-state index is 0.376. The Balaban J connectivity index is 2.17. The Hall–Kier alpha value is -0.0400. The molecule has 0 aromatic heterocycles. The smallest absolute Gasteiger partial charge is 0.0459 e. The van der Waals surface area contributed by atoms with Crippen LogP contribution in [0.25, 0.3) is 0 Å². The lowest BCUT2D eigenvalue weighted by Gasteiger charge is -2.45. The number of fused-ring (bicyclic) bond motifs is 1. The van der Waals surface area contributed by atoms with Crippen molar-refractivity contribution >= 4 is 0 Å². The van der Waals surface area contributed by atoms with Crippen LogP contribution in [0.3, 0.4) is 0 Å². The topological polar surface area (TPSA) is 20.2 Å². The van der Waals surface area contributed by atoms with Gasteiger partial charge in [-0.3, -0.25) is 0 Å². The Bertz CT molecular complexity index is 225. The van der Waals surface area contributed by atoms with E-state index in [1.165, 1.54) is 32.1 Å². The lowest BCUT2D eigenvalue weighted by atomic mass is 9.60. The first-order valence-electron chi connectivity index (χ1n) is 6.70. The standard InChI is InChI=1S/C14H26O/c1-10-5-4-8-14(3)12(10)6-7-13(14)11(2)9-15/h10-13,15H,4-9H2,1-3H3/t10-,11?,12-,13+,14-/m0/s1. The van der Waals surface area contributed by atoms with Crippen LogP contribution in [-0.2, 0) is 0 Å². The maximum Gasteiger partial charge on any atom is 0.0459 e. The Morgan fingerprint density at radius 3 is 2.73 bits per heavy atom. The highest BCUT2D eigenvalue weighted by molar-refractivity contribution is 5.00. The summed E-state index contributed by atoms with van der Waals surface area (Å²) < 4.78 is 0. The molecule has 88 valence electrons. The van der Waals surface area contributed by atoms with E-state index in [-0.39, 0.29) is 0 Å². The Morgan fingerprint density at radius 2 is 2.07 bits per heavy atom. The van der Waals surface area contributed by atoms with Gasteiger partial charge in [0.1, 0.15) is 0 Å². The van der Waals surface area contributed by atoms with Crippen molar-refractivity contribution < 1.29 is 5.11 Å². The van der Waals surface area contributed by atoms with Gasteiger partial charge >= 0.3 is 0 Å². The van der Waals surface area contributed by atoms with Crippen LogP contribution >= 0.6 is 0 Å². The molecule has 2 saturated carbocycles. The second kappa shape index (κ2) is 4.08. The molecule has 15 heavy (non-hydrogen) atoms. The van der Waals surface area contributed by atoms with E-state index in [0.717, 1.165) is 17.8 Å². The van der Waals surface area contributed by atoms with Crippen LogP contribution in [0.2, 0.25) is 0 Å². The van der Waals surface area contributed by atoms with E-state index in [1.807, 2.05) is 0 Å². The lowest BCUT2D eigenvalue weighted by molar-refractivity contribution is 0.0229. The quantitative estimate of drug-likeness (QED) is 0.740. The van der Waals surface area contributed by atoms with Gasteiger partial charge in [-0.15, -0.1) is 0 Å². The highest BCUT2D eigenvalue weighted by atomic mass is 16.3. The van der Waals surface area contributed by atoms with Crippen LogP contribution in [0.15, 0.2) is 0 Å². The van der Waals surface area contributed by atoms with Crippen LogP contribution in [0.4, 0.5) is 0 Å². The van der Waals surface area contributed by atoms with Gasteiger partial charge in [-0.1, -0.05) is 33.6 Å². The number of rotatable bonds is 2. The minimum atomic E-state index is 0.376. The fourth-order valence-electron chi connectivity index (χ4n) is 4.67. The number of hydrogen-bond acceptors (Lipinski definition) is 1. The van der Waals surface area contributed by atoms with Gasteiger partial charge in [-0.25, -0.2) is 0 Å². The van der Waals surface area contributed by atoms with Gasteiger partial charge in [0.05, 0.1) is 0 Å². The van der Waals surface area contributed by atoms with Crippen molar-refractivity contribution in [2.24, 2.45) is 29.1 Å². The second-order valence-corrected chi connectivity index (χ2v) is 6.33. The molecule has 1 unspecified atom stereocenters. The molecule has 0 aliphatic heterocycles. The molecule has 0 radical (unpaired) electrons. The first kappa shape index (κ1) is 11.4. The summed E-state index contributed by atoms with van der Waals surface area (Å²) in [4.78, 5) is 0. The van der Waals surface area contributed by atoms with Gasteiger partial charge in [0.2, 0.25) is 0 Å². The summed E-state index contributed by atoms with van der Waals surface area (Å²) in [5, 5.41) is 9.37. The molecule has 2 fully saturated rings. The average Bonchev–Trinajstić information content (AvgIpc) is 2.56. The van der Waals surface area contributed by atoms with E-state index in [1.54, 1.807) is 0 Å². The maximum absolute atomic E-state index is 9.37. The largest absolute Gasteiger partial charge is 0.396 e. The summed E-state index contributed by atoms with van der Waals surface area (Å²) in [6.07, 6.45) is 7.00. The molecule has 1 nitrogen and oxygen atoms in total. The van der Waals surface area contributed by atoms with Gasteiger partial charge < -0.3 is 5.11 Å². The average molecular weight is 210 g/mol. The summed E-state index contributed by atoms with van der Waals surface area (Å²) in [5.41, 5.74) is 0.541. The third-order valence-corrected chi connectivity index (χ3v) is 5.52. The fourth-order valence-corrected chi connectivity index (χ4v) is 4.67. The summed E-state index contributed by atoms with van der Waals surface area (Å²) in [6, 6.07) is 0. The highest BCUT2D eigenvalue weighted by Gasteiger charge is 2.51. The number of aliphatic hydroxyl groups excluding tert-OH is 1. The Kier molecular flexibility index (Phi) is 3.12. The molecule has 2 rings (SSSR count). The van der Waals surface area contributed by atoms with E-state index in [2.05, 4.69) is 20.8 Å². The van der Waals surface area contributed by atoms with Crippen molar-refractivity contribution in [1.29, 1.82) is 0 Å². The molecule has 0 aromatic carbocycles.